The van der Waals surface area contributed by atoms with E-state index >= 15 is 0 Å². The van der Waals surface area contributed by atoms with Crippen molar-refractivity contribution in [1.29, 1.82) is 0 Å². The Morgan fingerprint density at radius 1 is 0.330 bits per heavy atom. The number of carboxylic acid groups (broad SMARTS) is 3. The Bertz CT molecular complexity index is 2770. The molecule has 0 aliphatic heterocycles. The van der Waals surface area contributed by atoms with E-state index in [9.17, 15) is 107 Å². The summed E-state index contributed by atoms with van der Waals surface area (Å²) in [6.07, 6.45) is -3.98. The Morgan fingerprint density at radius 3 is 1.01 bits per heavy atom. The zero-order chi connectivity index (χ0) is 74.9. The van der Waals surface area contributed by atoms with E-state index < -0.39 is 243 Å². The summed E-state index contributed by atoms with van der Waals surface area (Å²) in [7, 11) is 0. The number of rotatable bonds is 47. The first-order valence-electron chi connectivity index (χ1n) is 31.9. The number of aliphatic hydroxyl groups is 2. The van der Waals surface area contributed by atoms with E-state index in [0.29, 0.717) is 6.42 Å². The molecule has 0 unspecified atom stereocenters. The SMILES string of the molecule is CC[C@H](C)[C@H](NC(=O)[C@H](CCC(=O)O)NC(=O)[C@H](C)NC(=O)[C@H](CCC(N)=O)NC(=O)[C@H](CO)NC(=O)[C@H](CC(C)C)NC(=O)[C@@H](NC(=O)[C@@H](N)CO)[C@@H](C)CC)C(=O)N[C@@H](CC(=O)O)C(=O)N[C@@H](C)C(=O)N[C@@H](CC(C)C)C(=O)N[C@@H](CC(C)C)C(=O)N[C@@H](CC(N)=O)C(=O)O. The predicted octanol–water partition coefficient (Wildman–Crippen LogP) is -6.05. The van der Waals surface area contributed by atoms with Crippen LogP contribution in [0.4, 0.5) is 0 Å². The first-order chi connectivity index (χ1) is 45.0. The van der Waals surface area contributed by atoms with Crippen LogP contribution in [0.25, 0.3) is 0 Å². The second-order valence-electron chi connectivity index (χ2n) is 25.1. The Hall–Kier alpha value is -9.13. The molecule has 15 atom stereocenters. The number of aliphatic hydroxyl groups excluding tert-OH is 2. The van der Waals surface area contributed by atoms with Crippen molar-refractivity contribution in [2.24, 2.45) is 46.8 Å². The highest BCUT2D eigenvalue weighted by Crippen LogP contribution is 2.15. The van der Waals surface area contributed by atoms with Gasteiger partial charge in [-0.05, 0) is 75.5 Å². The summed E-state index contributed by atoms with van der Waals surface area (Å²) in [5, 5.41) is 76.8. The number of nitrogens with one attached hydrogen (secondary N) is 12. The Labute approximate surface area is 562 Å². The number of carboxylic acids is 3. The van der Waals surface area contributed by atoms with Gasteiger partial charge in [-0.2, -0.15) is 0 Å². The lowest BCUT2D eigenvalue weighted by Crippen LogP contribution is -2.61. The fourth-order valence-electron chi connectivity index (χ4n) is 9.15. The molecule has 97 heavy (non-hydrogen) atoms. The van der Waals surface area contributed by atoms with Crippen LogP contribution in [0.2, 0.25) is 0 Å². The molecule has 0 saturated heterocycles. The number of aliphatic carboxylic acids is 3. The third-order valence-corrected chi connectivity index (χ3v) is 15.1. The molecule has 0 aliphatic carbocycles. The van der Waals surface area contributed by atoms with E-state index in [1.807, 2.05) is 0 Å². The van der Waals surface area contributed by atoms with Gasteiger partial charge in [-0.1, -0.05) is 82.1 Å². The molecule has 0 aromatic heterocycles. The second-order valence-corrected chi connectivity index (χ2v) is 25.1. The molecule has 37 heteroatoms. The number of primary amides is 2. The highest BCUT2D eigenvalue weighted by atomic mass is 16.4. The first kappa shape index (κ1) is 87.9. The van der Waals surface area contributed by atoms with Gasteiger partial charge in [-0.25, -0.2) is 4.79 Å². The summed E-state index contributed by atoms with van der Waals surface area (Å²) in [6.45, 7) is 17.0. The average molecular weight is 1390 g/mol. The Morgan fingerprint density at radius 2 is 0.649 bits per heavy atom. The number of hydrogen-bond donors (Lipinski definition) is 20. The van der Waals surface area contributed by atoms with Crippen molar-refractivity contribution >= 4 is 101 Å². The minimum absolute atomic E-state index is 0.0295. The van der Waals surface area contributed by atoms with E-state index in [2.05, 4.69) is 63.8 Å². The molecule has 550 valence electrons. The number of carbonyl (C=O) groups is 17. The molecule has 0 bridgehead atoms. The van der Waals surface area contributed by atoms with Gasteiger partial charge in [-0.3, -0.25) is 76.7 Å². The van der Waals surface area contributed by atoms with Crippen LogP contribution in [-0.2, 0) is 81.5 Å². The van der Waals surface area contributed by atoms with Gasteiger partial charge in [0.05, 0.1) is 26.1 Å². The molecule has 0 aromatic rings. The lowest BCUT2D eigenvalue weighted by Gasteiger charge is -2.29. The van der Waals surface area contributed by atoms with Crippen molar-refractivity contribution < 1.29 is 107 Å². The summed E-state index contributed by atoms with van der Waals surface area (Å²) in [6, 6.07) is -20.7. The number of hydrogen-bond acceptors (Lipinski definition) is 20. The standard InChI is InChI=1S/C60H103N15O22/c1-13-29(9)46(74-50(86)33(61)24-76)58(94)70-38(21-28(7)8)56(92)73-41(25-77)57(93)67-34(15-17-42(62)78)51(87)64-31(11)48(84)66-35(16-18-44(80)81)52(88)75-47(30(10)14-2)59(95)71-39(23-45(82)83)53(89)65-32(12)49(85)68-36(19-26(3)4)54(90)69-37(20-27(5)6)55(91)72-40(60(96)97)22-43(63)79/h26-41,46-47,76-77H,13-25,61H2,1-12H3,(H2,62,78)(H2,63,79)(H,64,87)(H,65,89)(H,66,84)(H,67,93)(H,68,85)(H,69,90)(H,70,94)(H,71,95)(H,72,91)(H,73,92)(H,74,86)(H,75,88)(H,80,81)(H,82,83)(H,96,97)/t29-,30-,31-,32-,33-,34-,35-,36-,37-,38-,39-,40-,41-,46-,47-/m0/s1. The van der Waals surface area contributed by atoms with Crippen molar-refractivity contribution in [3.05, 3.63) is 0 Å². The van der Waals surface area contributed by atoms with Gasteiger partial charge in [0.25, 0.3) is 0 Å². The Balaban J connectivity index is 6.67. The first-order valence-corrected chi connectivity index (χ1v) is 31.9. The molecule has 0 rings (SSSR count). The van der Waals surface area contributed by atoms with E-state index in [4.69, 9.17) is 17.2 Å². The van der Waals surface area contributed by atoms with E-state index in [-0.39, 0.29) is 43.4 Å². The fraction of sp³-hybridized carbons (Fsp3) is 0.717. The molecule has 0 heterocycles. The third-order valence-electron chi connectivity index (χ3n) is 15.1. The van der Waals surface area contributed by atoms with Crippen LogP contribution < -0.4 is 81.0 Å². The van der Waals surface area contributed by atoms with Crippen LogP contribution in [0.1, 0.15) is 154 Å². The predicted molar refractivity (Wildman–Crippen MR) is 343 cm³/mol. The lowest BCUT2D eigenvalue weighted by atomic mass is 9.96. The topological polar surface area (TPSA) is 614 Å². The largest absolute Gasteiger partial charge is 0.481 e. The van der Waals surface area contributed by atoms with Crippen LogP contribution in [0.5, 0.6) is 0 Å². The van der Waals surface area contributed by atoms with Gasteiger partial charge in [-0.15, -0.1) is 0 Å². The molecule has 0 spiro atoms. The van der Waals surface area contributed by atoms with Crippen LogP contribution in [-0.4, -0.2) is 218 Å². The molecular formula is C60H103N15O22. The maximum Gasteiger partial charge on any atom is 0.326 e. The van der Waals surface area contributed by atoms with Gasteiger partial charge in [0.1, 0.15) is 78.5 Å². The summed E-state index contributed by atoms with van der Waals surface area (Å²) in [5.74, 6) is -21.5. The fourth-order valence-corrected chi connectivity index (χ4v) is 9.15. The smallest absolute Gasteiger partial charge is 0.326 e. The molecule has 0 fully saturated rings. The highest BCUT2D eigenvalue weighted by Gasteiger charge is 2.39. The van der Waals surface area contributed by atoms with Gasteiger partial charge in [0.15, 0.2) is 0 Å². The zero-order valence-corrected chi connectivity index (χ0v) is 57.0. The molecule has 0 saturated carbocycles. The Kier molecular flexibility index (Phi) is 39.7. The number of nitrogens with two attached hydrogens (primary N) is 3. The molecule has 23 N–H and O–H groups in total. The molecule has 37 nitrogen and oxygen atoms in total. The van der Waals surface area contributed by atoms with Gasteiger partial charge in [0.2, 0.25) is 82.7 Å². The zero-order valence-electron chi connectivity index (χ0n) is 57.0. The summed E-state index contributed by atoms with van der Waals surface area (Å²) >= 11 is 0. The summed E-state index contributed by atoms with van der Waals surface area (Å²) in [4.78, 5) is 223. The van der Waals surface area contributed by atoms with Crippen LogP contribution >= 0.6 is 0 Å². The van der Waals surface area contributed by atoms with Gasteiger partial charge < -0.3 is 107 Å². The van der Waals surface area contributed by atoms with Crippen molar-refractivity contribution in [1.82, 2.24) is 63.8 Å². The van der Waals surface area contributed by atoms with Crippen molar-refractivity contribution in [2.45, 2.75) is 232 Å². The molecule has 0 aromatic carbocycles. The number of carbonyl (C=O) groups excluding carboxylic acids is 14. The lowest BCUT2D eigenvalue weighted by molar-refractivity contribution is -0.144. The quantitative estimate of drug-likeness (QED) is 0.0270. The number of amides is 14. The highest BCUT2D eigenvalue weighted by molar-refractivity contribution is 6.00. The van der Waals surface area contributed by atoms with Crippen molar-refractivity contribution in [3.63, 3.8) is 0 Å². The van der Waals surface area contributed by atoms with Crippen molar-refractivity contribution in [2.75, 3.05) is 13.2 Å². The normalized spacial score (nSPS) is 15.9. The van der Waals surface area contributed by atoms with Crippen LogP contribution in [0, 0.1) is 29.6 Å². The molecule has 14 amide bonds. The van der Waals surface area contributed by atoms with Crippen molar-refractivity contribution in [3.8, 4) is 0 Å². The second kappa shape index (κ2) is 43.8. The third kappa shape index (κ3) is 33.4. The van der Waals surface area contributed by atoms with E-state index in [0.717, 1.165) is 13.8 Å². The minimum Gasteiger partial charge on any atom is -0.481 e. The molecular weight excluding hydrogens is 1280 g/mol. The van der Waals surface area contributed by atoms with Crippen LogP contribution in [0.15, 0.2) is 0 Å². The van der Waals surface area contributed by atoms with Gasteiger partial charge >= 0.3 is 17.9 Å². The maximum absolute atomic E-state index is 14.1. The summed E-state index contributed by atoms with van der Waals surface area (Å²) < 4.78 is 0. The maximum atomic E-state index is 14.1. The van der Waals surface area contributed by atoms with E-state index in [1.165, 1.54) is 6.92 Å². The average Bonchev–Trinajstić information content (AvgIpc) is 0.989. The molecule has 0 aliphatic rings. The monoisotopic (exact) mass is 1390 g/mol. The minimum atomic E-state index is -1.97. The summed E-state index contributed by atoms with van der Waals surface area (Å²) in [5.41, 5.74) is 16.1. The van der Waals surface area contributed by atoms with Crippen LogP contribution in [0.3, 0.4) is 0 Å². The van der Waals surface area contributed by atoms with E-state index in [1.54, 1.807) is 62.3 Å². The van der Waals surface area contributed by atoms with Gasteiger partial charge in [0, 0.05) is 12.8 Å². The molecule has 0 radical (unpaired) electrons.